The van der Waals surface area contributed by atoms with Crippen LogP contribution in [0.25, 0.3) is 0 Å². The highest BCUT2D eigenvalue weighted by Gasteiger charge is 2.24. The van der Waals surface area contributed by atoms with E-state index in [0.29, 0.717) is 26.1 Å². The number of nitrogens with one attached hydrogen (secondary N) is 1. The van der Waals surface area contributed by atoms with E-state index in [2.05, 4.69) is 10.2 Å². The third kappa shape index (κ3) is 5.48. The quantitative estimate of drug-likeness (QED) is 0.705. The van der Waals surface area contributed by atoms with E-state index >= 15 is 0 Å². The molecule has 1 aliphatic heterocycles. The van der Waals surface area contributed by atoms with E-state index in [1.54, 1.807) is 6.92 Å². The number of nitrogens with zero attached hydrogens (tertiary/aromatic N) is 1. The molecule has 3 unspecified atom stereocenters. The van der Waals surface area contributed by atoms with Gasteiger partial charge >= 0.3 is 0 Å². The first-order valence-electron chi connectivity index (χ1n) is 6.25. The molecule has 100 valence electrons. The highest BCUT2D eigenvalue weighted by molar-refractivity contribution is 5.81. The SMILES string of the molecule is CC(O)CC(C)CNC(=O)C1CN(C)CCO1. The number of amides is 1. The predicted molar refractivity (Wildman–Crippen MR) is 65.7 cm³/mol. The summed E-state index contributed by atoms with van der Waals surface area (Å²) in [5, 5.41) is 12.1. The lowest BCUT2D eigenvalue weighted by Crippen LogP contribution is -2.49. The molecule has 1 heterocycles. The fraction of sp³-hybridized carbons (Fsp3) is 0.917. The molecule has 5 heteroatoms. The van der Waals surface area contributed by atoms with Gasteiger partial charge in [-0.25, -0.2) is 0 Å². The van der Waals surface area contributed by atoms with Crippen molar-refractivity contribution in [2.24, 2.45) is 5.92 Å². The Labute approximate surface area is 103 Å². The molecule has 0 radical (unpaired) electrons. The molecule has 0 aliphatic carbocycles. The number of hydrogen-bond acceptors (Lipinski definition) is 4. The number of aliphatic hydroxyl groups excluding tert-OH is 1. The maximum atomic E-state index is 11.8. The van der Waals surface area contributed by atoms with Gasteiger partial charge in [0.25, 0.3) is 0 Å². The van der Waals surface area contributed by atoms with Crippen LogP contribution in [0.4, 0.5) is 0 Å². The van der Waals surface area contributed by atoms with E-state index in [0.717, 1.165) is 6.54 Å². The summed E-state index contributed by atoms with van der Waals surface area (Å²) in [6, 6.07) is 0. The van der Waals surface area contributed by atoms with Crippen LogP contribution in [0, 0.1) is 5.92 Å². The zero-order valence-electron chi connectivity index (χ0n) is 11.0. The molecule has 1 saturated heterocycles. The molecule has 0 saturated carbocycles. The van der Waals surface area contributed by atoms with E-state index in [1.807, 2.05) is 14.0 Å². The van der Waals surface area contributed by atoms with E-state index in [-0.39, 0.29) is 24.0 Å². The molecule has 0 aromatic heterocycles. The fourth-order valence-electron chi connectivity index (χ4n) is 1.99. The predicted octanol–water partition coefficient (Wildman–Crippen LogP) is -0.160. The molecular formula is C12H24N2O3. The van der Waals surface area contributed by atoms with Gasteiger partial charge in [-0.3, -0.25) is 4.79 Å². The van der Waals surface area contributed by atoms with E-state index < -0.39 is 0 Å². The number of carbonyl (C=O) groups is 1. The molecule has 0 spiro atoms. The molecule has 3 atom stereocenters. The number of rotatable bonds is 5. The van der Waals surface area contributed by atoms with Crippen molar-refractivity contribution in [3.63, 3.8) is 0 Å². The summed E-state index contributed by atoms with van der Waals surface area (Å²) in [5.41, 5.74) is 0. The van der Waals surface area contributed by atoms with Crippen molar-refractivity contribution in [1.82, 2.24) is 10.2 Å². The summed E-state index contributed by atoms with van der Waals surface area (Å²) >= 11 is 0. The van der Waals surface area contributed by atoms with Crippen molar-refractivity contribution in [1.29, 1.82) is 0 Å². The van der Waals surface area contributed by atoms with Crippen LogP contribution in [0.2, 0.25) is 0 Å². The normalized spacial score (nSPS) is 25.3. The van der Waals surface area contributed by atoms with Crippen LogP contribution in [0.15, 0.2) is 0 Å². The lowest BCUT2D eigenvalue weighted by molar-refractivity contribution is -0.138. The highest BCUT2D eigenvalue weighted by Crippen LogP contribution is 2.06. The van der Waals surface area contributed by atoms with Crippen LogP contribution < -0.4 is 5.32 Å². The third-order valence-corrected chi connectivity index (χ3v) is 2.93. The van der Waals surface area contributed by atoms with Crippen molar-refractivity contribution in [2.75, 3.05) is 33.3 Å². The topological polar surface area (TPSA) is 61.8 Å². The first kappa shape index (κ1) is 14.4. The van der Waals surface area contributed by atoms with Crippen LogP contribution >= 0.6 is 0 Å². The molecular weight excluding hydrogens is 220 g/mol. The Morgan fingerprint density at radius 1 is 1.59 bits per heavy atom. The fourth-order valence-corrected chi connectivity index (χ4v) is 1.99. The molecule has 0 aromatic rings. The Bertz CT molecular complexity index is 246. The molecule has 0 aromatic carbocycles. The standard InChI is InChI=1S/C12H24N2O3/c1-9(6-10(2)15)7-13-12(16)11-8-14(3)4-5-17-11/h9-11,15H,4-8H2,1-3H3,(H,13,16). The number of ether oxygens (including phenoxy) is 1. The maximum absolute atomic E-state index is 11.8. The van der Waals surface area contributed by atoms with Crippen LogP contribution in [-0.2, 0) is 9.53 Å². The average Bonchev–Trinajstić information content (AvgIpc) is 2.25. The lowest BCUT2D eigenvalue weighted by atomic mass is 10.0. The second-order valence-electron chi connectivity index (χ2n) is 5.06. The van der Waals surface area contributed by atoms with Gasteiger partial charge in [0, 0.05) is 19.6 Å². The van der Waals surface area contributed by atoms with Crippen LogP contribution in [0.5, 0.6) is 0 Å². The Hall–Kier alpha value is -0.650. The molecule has 2 N–H and O–H groups in total. The number of morpholine rings is 1. The smallest absolute Gasteiger partial charge is 0.250 e. The minimum atomic E-state index is -0.354. The number of hydrogen-bond donors (Lipinski definition) is 2. The Morgan fingerprint density at radius 3 is 2.88 bits per heavy atom. The van der Waals surface area contributed by atoms with E-state index in [4.69, 9.17) is 4.74 Å². The molecule has 0 bridgehead atoms. The van der Waals surface area contributed by atoms with Gasteiger partial charge in [-0.2, -0.15) is 0 Å². The monoisotopic (exact) mass is 244 g/mol. The number of likely N-dealkylation sites (N-methyl/N-ethyl adjacent to an activating group) is 1. The van der Waals surface area contributed by atoms with Gasteiger partial charge in [0.05, 0.1) is 12.7 Å². The van der Waals surface area contributed by atoms with E-state index in [1.165, 1.54) is 0 Å². The van der Waals surface area contributed by atoms with Gasteiger partial charge < -0.3 is 20.1 Å². The Balaban J connectivity index is 2.24. The summed E-state index contributed by atoms with van der Waals surface area (Å²) in [6.07, 6.45) is 0.0255. The van der Waals surface area contributed by atoms with Crippen molar-refractivity contribution in [2.45, 2.75) is 32.5 Å². The summed E-state index contributed by atoms with van der Waals surface area (Å²) < 4.78 is 5.42. The summed E-state index contributed by atoms with van der Waals surface area (Å²) in [4.78, 5) is 13.9. The van der Waals surface area contributed by atoms with E-state index in [9.17, 15) is 9.90 Å². The molecule has 1 aliphatic rings. The second kappa shape index (κ2) is 6.93. The van der Waals surface area contributed by atoms with Crippen molar-refractivity contribution >= 4 is 5.91 Å². The van der Waals surface area contributed by atoms with Gasteiger partial charge in [-0.1, -0.05) is 6.92 Å². The number of carbonyl (C=O) groups excluding carboxylic acids is 1. The average molecular weight is 244 g/mol. The van der Waals surface area contributed by atoms with Crippen molar-refractivity contribution in [3.05, 3.63) is 0 Å². The van der Waals surface area contributed by atoms with Gasteiger partial charge in [0.15, 0.2) is 0 Å². The summed E-state index contributed by atoms with van der Waals surface area (Å²) in [7, 11) is 1.98. The van der Waals surface area contributed by atoms with Crippen LogP contribution in [-0.4, -0.2) is 61.4 Å². The minimum Gasteiger partial charge on any atom is -0.393 e. The second-order valence-corrected chi connectivity index (χ2v) is 5.06. The maximum Gasteiger partial charge on any atom is 0.250 e. The molecule has 5 nitrogen and oxygen atoms in total. The zero-order chi connectivity index (χ0) is 12.8. The third-order valence-electron chi connectivity index (χ3n) is 2.93. The minimum absolute atomic E-state index is 0.0472. The van der Waals surface area contributed by atoms with Crippen molar-refractivity contribution < 1.29 is 14.6 Å². The largest absolute Gasteiger partial charge is 0.393 e. The van der Waals surface area contributed by atoms with Gasteiger partial charge in [0.1, 0.15) is 6.10 Å². The first-order chi connectivity index (χ1) is 7.99. The van der Waals surface area contributed by atoms with Crippen LogP contribution in [0.1, 0.15) is 20.3 Å². The summed E-state index contributed by atoms with van der Waals surface area (Å²) in [6.45, 7) is 6.50. The highest BCUT2D eigenvalue weighted by atomic mass is 16.5. The van der Waals surface area contributed by atoms with Gasteiger partial charge in [-0.05, 0) is 26.3 Å². The Kier molecular flexibility index (Phi) is 5.88. The lowest BCUT2D eigenvalue weighted by Gasteiger charge is -2.29. The molecule has 17 heavy (non-hydrogen) atoms. The first-order valence-corrected chi connectivity index (χ1v) is 6.25. The molecule has 1 fully saturated rings. The van der Waals surface area contributed by atoms with Crippen LogP contribution in [0.3, 0.4) is 0 Å². The summed E-state index contributed by atoms with van der Waals surface area (Å²) in [5.74, 6) is 0.231. The molecule has 1 amide bonds. The Morgan fingerprint density at radius 2 is 2.29 bits per heavy atom. The molecule has 1 rings (SSSR count). The zero-order valence-corrected chi connectivity index (χ0v) is 11.0. The van der Waals surface area contributed by atoms with Crippen molar-refractivity contribution in [3.8, 4) is 0 Å². The van der Waals surface area contributed by atoms with Gasteiger partial charge in [-0.15, -0.1) is 0 Å². The van der Waals surface area contributed by atoms with Gasteiger partial charge in [0.2, 0.25) is 5.91 Å². The number of aliphatic hydroxyl groups is 1.